The number of esters is 1. The first-order chi connectivity index (χ1) is 16.1. The Kier molecular flexibility index (Phi) is 6.63. The maximum Gasteiger partial charge on any atom is 0.337 e. The molecule has 1 aliphatic rings. The van der Waals surface area contributed by atoms with Gasteiger partial charge in [0.25, 0.3) is 0 Å². The number of hydrogen-bond acceptors (Lipinski definition) is 5. The number of ether oxygens (including phenoxy) is 3. The Morgan fingerprint density at radius 3 is 2.18 bits per heavy atom. The first-order valence-electron chi connectivity index (χ1n) is 11.0. The third-order valence-electron chi connectivity index (χ3n) is 5.65. The first-order valence-corrected chi connectivity index (χ1v) is 11.0. The molecule has 6 heteroatoms. The monoisotopic (exact) mass is 445 g/mol. The SMILES string of the molecule is CCOc1cc2c(cc1OCC)[C@@H](c1ccc(C(=O)OC)cc1)N(c1ccccc1)C(=O)C2. The van der Waals surface area contributed by atoms with Gasteiger partial charge in [-0.15, -0.1) is 0 Å². The first kappa shape index (κ1) is 22.4. The van der Waals surface area contributed by atoms with E-state index in [4.69, 9.17) is 14.2 Å². The minimum atomic E-state index is -0.401. The summed E-state index contributed by atoms with van der Waals surface area (Å²) in [6.07, 6.45) is 0.257. The Morgan fingerprint density at radius 1 is 0.939 bits per heavy atom. The second kappa shape index (κ2) is 9.77. The zero-order chi connectivity index (χ0) is 23.4. The van der Waals surface area contributed by atoms with Crippen molar-refractivity contribution in [3.63, 3.8) is 0 Å². The predicted molar refractivity (Wildman–Crippen MR) is 126 cm³/mol. The normalized spacial score (nSPS) is 15.1. The predicted octanol–water partition coefficient (Wildman–Crippen LogP) is 4.95. The van der Waals surface area contributed by atoms with E-state index in [1.165, 1.54) is 7.11 Å². The molecular weight excluding hydrogens is 418 g/mol. The fraction of sp³-hybridized carbons (Fsp3) is 0.259. The quantitative estimate of drug-likeness (QED) is 0.482. The zero-order valence-corrected chi connectivity index (χ0v) is 19.0. The van der Waals surface area contributed by atoms with Gasteiger partial charge in [-0.25, -0.2) is 4.79 Å². The summed E-state index contributed by atoms with van der Waals surface area (Å²) in [4.78, 5) is 27.2. The zero-order valence-electron chi connectivity index (χ0n) is 19.0. The molecular formula is C27H27NO5. The van der Waals surface area contributed by atoms with Crippen molar-refractivity contribution >= 4 is 17.6 Å². The van der Waals surface area contributed by atoms with Gasteiger partial charge in [0.1, 0.15) is 0 Å². The molecule has 3 aromatic carbocycles. The highest BCUT2D eigenvalue weighted by Gasteiger charge is 2.36. The number of nitrogens with zero attached hydrogens (tertiary/aromatic N) is 1. The number of para-hydroxylation sites is 1. The van der Waals surface area contributed by atoms with Crippen LogP contribution >= 0.6 is 0 Å². The Bertz CT molecular complexity index is 1140. The largest absolute Gasteiger partial charge is 0.490 e. The fourth-order valence-electron chi connectivity index (χ4n) is 4.22. The summed E-state index contributed by atoms with van der Waals surface area (Å²) in [5.41, 5.74) is 4.02. The number of carbonyl (C=O) groups is 2. The molecule has 170 valence electrons. The molecule has 0 aliphatic carbocycles. The lowest BCUT2D eigenvalue weighted by Gasteiger charge is -2.38. The van der Waals surface area contributed by atoms with E-state index in [0.29, 0.717) is 30.3 Å². The summed E-state index contributed by atoms with van der Waals surface area (Å²) in [5, 5.41) is 0. The number of benzene rings is 3. The van der Waals surface area contributed by atoms with Crippen molar-refractivity contribution in [1.29, 1.82) is 0 Å². The van der Waals surface area contributed by atoms with Crippen LogP contribution in [0.2, 0.25) is 0 Å². The maximum atomic E-state index is 13.4. The summed E-state index contributed by atoms with van der Waals surface area (Å²) >= 11 is 0. The van der Waals surface area contributed by atoms with E-state index in [9.17, 15) is 9.59 Å². The minimum absolute atomic E-state index is 0.0117. The Balaban J connectivity index is 1.89. The smallest absolute Gasteiger partial charge is 0.337 e. The van der Waals surface area contributed by atoms with Crippen molar-refractivity contribution in [2.24, 2.45) is 0 Å². The number of carbonyl (C=O) groups excluding carboxylic acids is 2. The minimum Gasteiger partial charge on any atom is -0.490 e. The van der Waals surface area contributed by atoms with Crippen molar-refractivity contribution in [3.05, 3.63) is 89.0 Å². The van der Waals surface area contributed by atoms with Crippen LogP contribution in [0.4, 0.5) is 5.69 Å². The van der Waals surface area contributed by atoms with Crippen LogP contribution in [0.15, 0.2) is 66.7 Å². The van der Waals surface area contributed by atoms with Gasteiger partial charge in [-0.1, -0.05) is 30.3 Å². The second-order valence-corrected chi connectivity index (χ2v) is 7.66. The van der Waals surface area contributed by atoms with Crippen LogP contribution in [-0.2, 0) is 16.0 Å². The van der Waals surface area contributed by atoms with Crippen LogP contribution in [-0.4, -0.2) is 32.2 Å². The summed E-state index contributed by atoms with van der Waals surface area (Å²) in [6.45, 7) is 4.85. The third-order valence-corrected chi connectivity index (χ3v) is 5.65. The molecule has 0 radical (unpaired) electrons. The van der Waals surface area contributed by atoms with Crippen LogP contribution in [0.3, 0.4) is 0 Å². The molecule has 33 heavy (non-hydrogen) atoms. The molecule has 0 spiro atoms. The lowest BCUT2D eigenvalue weighted by molar-refractivity contribution is -0.118. The molecule has 1 aliphatic heterocycles. The topological polar surface area (TPSA) is 65.1 Å². The van der Waals surface area contributed by atoms with Crippen LogP contribution in [0.25, 0.3) is 0 Å². The van der Waals surface area contributed by atoms with Gasteiger partial charge in [0, 0.05) is 5.69 Å². The van der Waals surface area contributed by atoms with Crippen molar-refractivity contribution in [2.75, 3.05) is 25.2 Å². The van der Waals surface area contributed by atoms with Crippen molar-refractivity contribution in [2.45, 2.75) is 26.3 Å². The Hall–Kier alpha value is -3.80. The summed E-state index contributed by atoms with van der Waals surface area (Å²) in [6, 6.07) is 20.3. The Labute approximate surface area is 193 Å². The molecule has 0 bridgehead atoms. The van der Waals surface area contributed by atoms with Crippen LogP contribution in [0.1, 0.15) is 46.9 Å². The van der Waals surface area contributed by atoms with Crippen molar-refractivity contribution < 1.29 is 23.8 Å². The van der Waals surface area contributed by atoms with E-state index in [1.807, 2.05) is 73.3 Å². The summed E-state index contributed by atoms with van der Waals surface area (Å²) in [5.74, 6) is 0.874. The number of hydrogen-bond donors (Lipinski definition) is 0. The van der Waals surface area contributed by atoms with Gasteiger partial charge in [-0.2, -0.15) is 0 Å². The van der Waals surface area contributed by atoms with E-state index in [2.05, 4.69) is 0 Å². The number of anilines is 1. The number of amides is 1. The van der Waals surface area contributed by atoms with Gasteiger partial charge in [0.15, 0.2) is 11.5 Å². The van der Waals surface area contributed by atoms with E-state index in [1.54, 1.807) is 12.1 Å². The average molecular weight is 446 g/mol. The van der Waals surface area contributed by atoms with Gasteiger partial charge in [-0.3, -0.25) is 4.79 Å². The number of methoxy groups -OCH3 is 1. The fourth-order valence-corrected chi connectivity index (χ4v) is 4.22. The lowest BCUT2D eigenvalue weighted by Crippen LogP contribution is -2.41. The van der Waals surface area contributed by atoms with Gasteiger partial charge < -0.3 is 19.1 Å². The molecule has 0 saturated carbocycles. The highest BCUT2D eigenvalue weighted by Crippen LogP contribution is 2.43. The molecule has 1 atom stereocenters. The third kappa shape index (κ3) is 4.42. The molecule has 0 aromatic heterocycles. The lowest BCUT2D eigenvalue weighted by atomic mass is 9.86. The van der Waals surface area contributed by atoms with E-state index < -0.39 is 5.97 Å². The standard InChI is InChI=1S/C27H27NO5/c1-4-32-23-15-20-16-25(29)28(21-9-7-6-8-10-21)26(22(20)17-24(23)33-5-2)18-11-13-19(14-12-18)27(30)31-3/h6-15,17,26H,4-5,16H2,1-3H3/t26-/m1/s1. The molecule has 1 amide bonds. The summed E-state index contributed by atoms with van der Waals surface area (Å²) in [7, 11) is 1.36. The van der Waals surface area contributed by atoms with E-state index in [0.717, 1.165) is 22.4 Å². The highest BCUT2D eigenvalue weighted by atomic mass is 16.5. The van der Waals surface area contributed by atoms with Crippen LogP contribution in [0, 0.1) is 0 Å². The molecule has 0 saturated heterocycles. The molecule has 4 rings (SSSR count). The molecule has 3 aromatic rings. The number of fused-ring (bicyclic) bond motifs is 1. The van der Waals surface area contributed by atoms with Crippen LogP contribution < -0.4 is 14.4 Å². The highest BCUT2D eigenvalue weighted by molar-refractivity contribution is 5.98. The molecule has 6 nitrogen and oxygen atoms in total. The Morgan fingerprint density at radius 2 is 1.58 bits per heavy atom. The average Bonchev–Trinajstić information content (AvgIpc) is 2.84. The van der Waals surface area contributed by atoms with Crippen molar-refractivity contribution in [1.82, 2.24) is 0 Å². The van der Waals surface area contributed by atoms with Crippen LogP contribution in [0.5, 0.6) is 11.5 Å². The van der Waals surface area contributed by atoms with Gasteiger partial charge in [0.05, 0.1) is 38.3 Å². The molecule has 0 fully saturated rings. The maximum absolute atomic E-state index is 13.4. The van der Waals surface area contributed by atoms with Crippen molar-refractivity contribution in [3.8, 4) is 11.5 Å². The second-order valence-electron chi connectivity index (χ2n) is 7.66. The summed E-state index contributed by atoms with van der Waals surface area (Å²) < 4.78 is 16.5. The van der Waals surface area contributed by atoms with E-state index in [-0.39, 0.29) is 18.4 Å². The molecule has 0 N–H and O–H groups in total. The van der Waals surface area contributed by atoms with Gasteiger partial charge in [0.2, 0.25) is 5.91 Å². The van der Waals surface area contributed by atoms with Gasteiger partial charge >= 0.3 is 5.97 Å². The van der Waals surface area contributed by atoms with E-state index >= 15 is 0 Å². The number of rotatable bonds is 7. The molecule has 1 heterocycles. The molecule has 0 unspecified atom stereocenters. The van der Waals surface area contributed by atoms with Gasteiger partial charge in [-0.05, 0) is 66.9 Å².